The van der Waals surface area contributed by atoms with Gasteiger partial charge in [-0.15, -0.1) is 0 Å². The Labute approximate surface area is 150 Å². The van der Waals surface area contributed by atoms with Crippen LogP contribution in [0.25, 0.3) is 0 Å². The van der Waals surface area contributed by atoms with Gasteiger partial charge in [-0.25, -0.2) is 0 Å². The summed E-state index contributed by atoms with van der Waals surface area (Å²) in [6.45, 7) is 0.838. The second kappa shape index (κ2) is 6.42. The fraction of sp³-hybridized carbons (Fsp3) is 0.316. The molecule has 2 fully saturated rings. The van der Waals surface area contributed by atoms with Crippen LogP contribution in [-0.2, 0) is 4.79 Å². The number of benzene rings is 2. The fourth-order valence-electron chi connectivity index (χ4n) is 3.90. The summed E-state index contributed by atoms with van der Waals surface area (Å²) in [5.74, 6) is 0.809. The van der Waals surface area contributed by atoms with Crippen LogP contribution in [0.1, 0.15) is 24.6 Å². The molecule has 26 heavy (non-hydrogen) atoms. The van der Waals surface area contributed by atoms with E-state index >= 15 is 0 Å². The monoisotopic (exact) mass is 353 g/mol. The van der Waals surface area contributed by atoms with Crippen LogP contribution in [0, 0.1) is 10.1 Å². The summed E-state index contributed by atoms with van der Waals surface area (Å²) in [7, 11) is 1.60. The van der Waals surface area contributed by atoms with Crippen LogP contribution < -0.4 is 9.64 Å². The van der Waals surface area contributed by atoms with Crippen molar-refractivity contribution in [3.05, 3.63) is 64.2 Å². The molecule has 2 aliphatic rings. The number of hydrogen-bond acceptors (Lipinski definition) is 5. The van der Waals surface area contributed by atoms with Crippen molar-refractivity contribution in [2.45, 2.75) is 25.0 Å². The van der Waals surface area contributed by atoms with Crippen molar-refractivity contribution in [2.24, 2.45) is 0 Å². The van der Waals surface area contributed by atoms with E-state index in [0.717, 1.165) is 36.4 Å². The number of hydrogen-bond donors (Lipinski definition) is 0. The van der Waals surface area contributed by atoms with E-state index < -0.39 is 4.92 Å². The quantitative estimate of drug-likeness (QED) is 0.623. The molecule has 0 bridgehead atoms. The lowest BCUT2D eigenvalue weighted by molar-refractivity contribution is -0.384. The molecular weight excluding hydrogens is 334 g/mol. The lowest BCUT2D eigenvalue weighted by atomic mass is 10.1. The number of nitro groups is 1. The minimum atomic E-state index is -0.413. The summed E-state index contributed by atoms with van der Waals surface area (Å²) in [5, 5.41) is 10.9. The number of nitrogens with zero attached hydrogens (tertiary/aromatic N) is 3. The molecule has 2 heterocycles. The number of non-ortho nitro benzene ring substituents is 1. The Morgan fingerprint density at radius 2 is 1.81 bits per heavy atom. The van der Waals surface area contributed by atoms with Gasteiger partial charge in [-0.2, -0.15) is 0 Å². The van der Waals surface area contributed by atoms with Crippen molar-refractivity contribution in [1.82, 2.24) is 4.90 Å². The van der Waals surface area contributed by atoms with Gasteiger partial charge in [0.1, 0.15) is 11.9 Å². The molecule has 0 unspecified atom stereocenters. The number of carbonyl (C=O) groups excluding carboxylic acids is 1. The number of methoxy groups -OCH3 is 1. The van der Waals surface area contributed by atoms with E-state index in [-0.39, 0.29) is 23.8 Å². The van der Waals surface area contributed by atoms with E-state index in [1.807, 2.05) is 24.3 Å². The molecule has 2 aromatic carbocycles. The molecule has 0 spiro atoms. The van der Waals surface area contributed by atoms with Crippen LogP contribution >= 0.6 is 0 Å². The van der Waals surface area contributed by atoms with Crippen LogP contribution in [0.5, 0.6) is 5.75 Å². The van der Waals surface area contributed by atoms with Crippen molar-refractivity contribution in [3.8, 4) is 5.75 Å². The SMILES string of the molecule is COc1ccc(N2C(=O)[C@@H]3CCCN3[C@@H]2c2ccc([N+](=O)[O-])cc2)cc1. The molecule has 0 saturated carbocycles. The topological polar surface area (TPSA) is 75.9 Å². The Morgan fingerprint density at radius 1 is 1.12 bits per heavy atom. The number of carbonyl (C=O) groups is 1. The molecule has 7 nitrogen and oxygen atoms in total. The maximum absolute atomic E-state index is 13.0. The summed E-state index contributed by atoms with van der Waals surface area (Å²) in [6.07, 6.45) is 1.58. The lowest BCUT2D eigenvalue weighted by Gasteiger charge is -2.29. The van der Waals surface area contributed by atoms with Gasteiger partial charge in [-0.1, -0.05) is 0 Å². The summed E-state index contributed by atoms with van der Waals surface area (Å²) in [5.41, 5.74) is 1.73. The average molecular weight is 353 g/mol. The van der Waals surface area contributed by atoms with Gasteiger partial charge in [-0.05, 0) is 54.8 Å². The minimum Gasteiger partial charge on any atom is -0.497 e. The smallest absolute Gasteiger partial charge is 0.269 e. The van der Waals surface area contributed by atoms with Gasteiger partial charge < -0.3 is 4.74 Å². The Balaban J connectivity index is 1.74. The van der Waals surface area contributed by atoms with Crippen molar-refractivity contribution in [1.29, 1.82) is 0 Å². The first-order valence-electron chi connectivity index (χ1n) is 8.57. The summed E-state index contributed by atoms with van der Waals surface area (Å²) in [4.78, 5) is 27.5. The highest BCUT2D eigenvalue weighted by molar-refractivity contribution is 6.00. The maximum Gasteiger partial charge on any atom is 0.269 e. The predicted molar refractivity (Wildman–Crippen MR) is 96.0 cm³/mol. The molecule has 1 amide bonds. The van der Waals surface area contributed by atoms with Gasteiger partial charge in [0, 0.05) is 24.4 Å². The number of rotatable bonds is 4. The highest BCUT2D eigenvalue weighted by atomic mass is 16.6. The van der Waals surface area contributed by atoms with Crippen LogP contribution in [0.2, 0.25) is 0 Å². The summed E-state index contributed by atoms with van der Waals surface area (Å²) >= 11 is 0. The molecule has 4 rings (SSSR count). The molecule has 7 heteroatoms. The number of amides is 1. The van der Waals surface area contributed by atoms with E-state index in [4.69, 9.17) is 4.74 Å². The predicted octanol–water partition coefficient (Wildman–Crippen LogP) is 3.11. The number of anilines is 1. The van der Waals surface area contributed by atoms with Crippen LogP contribution in [0.4, 0.5) is 11.4 Å². The van der Waals surface area contributed by atoms with Gasteiger partial charge in [0.2, 0.25) is 5.91 Å². The highest BCUT2D eigenvalue weighted by Crippen LogP contribution is 2.42. The van der Waals surface area contributed by atoms with Gasteiger partial charge in [0.25, 0.3) is 5.69 Å². The Bertz CT molecular complexity index is 835. The number of ether oxygens (including phenoxy) is 1. The zero-order chi connectivity index (χ0) is 18.3. The van der Waals surface area contributed by atoms with Crippen LogP contribution in [0.3, 0.4) is 0 Å². The standard InChI is InChI=1S/C19H19N3O4/c1-26-16-10-8-14(9-11-16)21-18(20-12-2-3-17(20)19(21)23)13-4-6-15(7-5-13)22(24)25/h4-11,17-18H,2-3,12H2,1H3/t17-,18-/m0/s1. The third-order valence-corrected chi connectivity index (χ3v) is 5.13. The Hall–Kier alpha value is -2.93. The molecular formula is C19H19N3O4. The van der Waals surface area contributed by atoms with Gasteiger partial charge in [0.05, 0.1) is 18.1 Å². The molecule has 0 aliphatic carbocycles. The minimum absolute atomic E-state index is 0.0482. The third kappa shape index (κ3) is 2.61. The third-order valence-electron chi connectivity index (χ3n) is 5.13. The van der Waals surface area contributed by atoms with Crippen molar-refractivity contribution < 1.29 is 14.5 Å². The van der Waals surface area contributed by atoms with Gasteiger partial charge in [0.15, 0.2) is 0 Å². The average Bonchev–Trinajstić information content (AvgIpc) is 3.24. The van der Waals surface area contributed by atoms with Crippen molar-refractivity contribution >= 4 is 17.3 Å². The molecule has 134 valence electrons. The zero-order valence-electron chi connectivity index (χ0n) is 14.4. The Kier molecular flexibility index (Phi) is 4.08. The van der Waals surface area contributed by atoms with E-state index in [1.54, 1.807) is 24.1 Å². The van der Waals surface area contributed by atoms with Crippen molar-refractivity contribution in [2.75, 3.05) is 18.6 Å². The first-order chi connectivity index (χ1) is 12.6. The lowest BCUT2D eigenvalue weighted by Crippen LogP contribution is -2.32. The summed E-state index contributed by atoms with van der Waals surface area (Å²) < 4.78 is 5.20. The second-order valence-corrected chi connectivity index (χ2v) is 6.52. The first-order valence-corrected chi connectivity index (χ1v) is 8.57. The molecule has 2 aromatic rings. The highest BCUT2D eigenvalue weighted by Gasteiger charge is 2.49. The molecule has 2 atom stereocenters. The van der Waals surface area contributed by atoms with E-state index in [0.29, 0.717) is 0 Å². The fourth-order valence-corrected chi connectivity index (χ4v) is 3.90. The molecule has 2 saturated heterocycles. The normalized spacial score (nSPS) is 22.5. The van der Waals surface area contributed by atoms with Crippen LogP contribution in [0.15, 0.2) is 48.5 Å². The molecule has 0 N–H and O–H groups in total. The number of nitro benzene ring substituents is 1. The van der Waals surface area contributed by atoms with Gasteiger partial charge in [-0.3, -0.25) is 24.7 Å². The second-order valence-electron chi connectivity index (χ2n) is 6.52. The largest absolute Gasteiger partial charge is 0.497 e. The first kappa shape index (κ1) is 16.5. The molecule has 0 aromatic heterocycles. The van der Waals surface area contributed by atoms with Crippen LogP contribution in [-0.4, -0.2) is 35.4 Å². The van der Waals surface area contributed by atoms with E-state index in [2.05, 4.69) is 4.90 Å². The molecule has 2 aliphatic heterocycles. The van der Waals surface area contributed by atoms with E-state index in [9.17, 15) is 14.9 Å². The Morgan fingerprint density at radius 3 is 2.42 bits per heavy atom. The van der Waals surface area contributed by atoms with Gasteiger partial charge >= 0.3 is 0 Å². The molecule has 0 radical (unpaired) electrons. The number of fused-ring (bicyclic) bond motifs is 1. The zero-order valence-corrected chi connectivity index (χ0v) is 14.4. The van der Waals surface area contributed by atoms with Crippen molar-refractivity contribution in [3.63, 3.8) is 0 Å². The van der Waals surface area contributed by atoms with E-state index in [1.165, 1.54) is 12.1 Å². The maximum atomic E-state index is 13.0. The summed E-state index contributed by atoms with van der Waals surface area (Å²) in [6, 6.07) is 13.8.